The van der Waals surface area contributed by atoms with Gasteiger partial charge in [0.2, 0.25) is 0 Å². The number of rotatable bonds is 4. The van der Waals surface area contributed by atoms with Gasteiger partial charge in [-0.2, -0.15) is 13.2 Å². The van der Waals surface area contributed by atoms with Crippen LogP contribution >= 0.6 is 0 Å². The van der Waals surface area contributed by atoms with Crippen LogP contribution in [0.3, 0.4) is 0 Å². The van der Waals surface area contributed by atoms with Crippen LogP contribution in [-0.2, 0) is 12.7 Å². The number of piperazine rings is 1. The predicted octanol–water partition coefficient (Wildman–Crippen LogP) is 3.42. The van der Waals surface area contributed by atoms with Crippen LogP contribution in [0.1, 0.15) is 17.0 Å². The molecule has 1 fully saturated rings. The predicted molar refractivity (Wildman–Crippen MR) is 125 cm³/mol. The first-order valence-corrected chi connectivity index (χ1v) is 11.2. The molecule has 1 aromatic carbocycles. The van der Waals surface area contributed by atoms with E-state index < -0.39 is 29.7 Å². The first-order chi connectivity index (χ1) is 17.2. The molecule has 4 aromatic rings. The van der Waals surface area contributed by atoms with E-state index in [9.17, 15) is 22.4 Å². The molecule has 5 rings (SSSR count). The Kier molecular flexibility index (Phi) is 6.02. The fraction of sp³-hybridized carbons (Fsp3) is 0.292. The third kappa shape index (κ3) is 4.34. The van der Waals surface area contributed by atoms with Crippen molar-refractivity contribution in [1.82, 2.24) is 24.5 Å². The van der Waals surface area contributed by atoms with Gasteiger partial charge in [0, 0.05) is 51.0 Å². The van der Waals surface area contributed by atoms with Crippen molar-refractivity contribution < 1.29 is 17.6 Å². The zero-order chi connectivity index (χ0) is 25.4. The number of halogens is 4. The van der Waals surface area contributed by atoms with Crippen LogP contribution in [0.5, 0.6) is 0 Å². The monoisotopic (exact) mass is 499 g/mol. The Morgan fingerprint density at radius 2 is 1.58 bits per heavy atom. The highest BCUT2D eigenvalue weighted by molar-refractivity contribution is 5.75. The maximum Gasteiger partial charge on any atom is 0.435 e. The van der Waals surface area contributed by atoms with Crippen molar-refractivity contribution in [2.45, 2.75) is 19.6 Å². The summed E-state index contributed by atoms with van der Waals surface area (Å²) in [6.07, 6.45) is 0.197. The number of aryl methyl sites for hydroxylation is 1. The van der Waals surface area contributed by atoms with Crippen molar-refractivity contribution in [1.29, 1.82) is 0 Å². The zero-order valence-corrected chi connectivity index (χ0v) is 19.2. The molecule has 0 aliphatic carbocycles. The van der Waals surface area contributed by atoms with Crippen LogP contribution in [0, 0.1) is 12.7 Å². The molecular formula is C24H21F4N7O. The smallest absolute Gasteiger partial charge is 0.365 e. The van der Waals surface area contributed by atoms with Gasteiger partial charge < -0.3 is 9.80 Å². The minimum absolute atomic E-state index is 0.144. The number of alkyl halides is 3. The second-order valence-corrected chi connectivity index (χ2v) is 8.41. The highest BCUT2D eigenvalue weighted by Crippen LogP contribution is 2.30. The summed E-state index contributed by atoms with van der Waals surface area (Å²) in [4.78, 5) is 33.1. The van der Waals surface area contributed by atoms with E-state index in [1.54, 1.807) is 12.1 Å². The Morgan fingerprint density at radius 1 is 0.917 bits per heavy atom. The van der Waals surface area contributed by atoms with Crippen molar-refractivity contribution >= 4 is 22.5 Å². The van der Waals surface area contributed by atoms with Crippen LogP contribution in [0.2, 0.25) is 0 Å². The molecule has 0 radical (unpaired) electrons. The summed E-state index contributed by atoms with van der Waals surface area (Å²) in [6.45, 7) is 3.11. The summed E-state index contributed by atoms with van der Waals surface area (Å²) < 4.78 is 56.1. The lowest BCUT2D eigenvalue weighted by molar-refractivity contribution is -0.142. The van der Waals surface area contributed by atoms with Crippen LogP contribution in [-0.4, -0.2) is 50.7 Å². The molecule has 3 aromatic heterocycles. The molecular weight excluding hydrogens is 478 g/mol. The lowest BCUT2D eigenvalue weighted by Gasteiger charge is -2.37. The van der Waals surface area contributed by atoms with Gasteiger partial charge in [0.25, 0.3) is 5.56 Å². The molecule has 8 nitrogen and oxygen atoms in total. The van der Waals surface area contributed by atoms with Crippen molar-refractivity contribution in [2.24, 2.45) is 0 Å². The first-order valence-electron chi connectivity index (χ1n) is 11.2. The zero-order valence-electron chi connectivity index (χ0n) is 19.2. The van der Waals surface area contributed by atoms with Gasteiger partial charge >= 0.3 is 6.18 Å². The van der Waals surface area contributed by atoms with E-state index in [0.717, 1.165) is 22.5 Å². The van der Waals surface area contributed by atoms with Gasteiger partial charge in [-0.05, 0) is 24.6 Å². The van der Waals surface area contributed by atoms with E-state index in [1.807, 2.05) is 22.8 Å². The number of nitrogens with zero attached hydrogens (tertiary/aromatic N) is 7. The first kappa shape index (κ1) is 23.6. The Bertz CT molecular complexity index is 1460. The van der Waals surface area contributed by atoms with Gasteiger partial charge in [0.05, 0.1) is 17.9 Å². The van der Waals surface area contributed by atoms with Crippen molar-refractivity contribution in [3.05, 3.63) is 82.2 Å². The van der Waals surface area contributed by atoms with Gasteiger partial charge in [-0.1, -0.05) is 12.1 Å². The van der Waals surface area contributed by atoms with E-state index >= 15 is 0 Å². The minimum Gasteiger partial charge on any atom is -0.365 e. The number of pyridine rings is 1. The van der Waals surface area contributed by atoms with E-state index in [1.165, 1.54) is 18.5 Å². The van der Waals surface area contributed by atoms with Gasteiger partial charge in [-0.25, -0.2) is 14.4 Å². The fourth-order valence-corrected chi connectivity index (χ4v) is 4.51. The fourth-order valence-electron chi connectivity index (χ4n) is 4.51. The average molecular weight is 499 g/mol. The summed E-state index contributed by atoms with van der Waals surface area (Å²) >= 11 is 0. The average Bonchev–Trinajstić information content (AvgIpc) is 2.86. The molecule has 0 amide bonds. The topological polar surface area (TPSA) is 80.0 Å². The normalized spacial score (nSPS) is 14.5. The molecule has 1 aliphatic rings. The van der Waals surface area contributed by atoms with Crippen LogP contribution in [0.25, 0.3) is 11.2 Å². The highest BCUT2D eigenvalue weighted by atomic mass is 19.4. The molecule has 4 heterocycles. The van der Waals surface area contributed by atoms with E-state index in [0.29, 0.717) is 37.4 Å². The molecule has 0 spiro atoms. The Balaban J connectivity index is 1.51. The molecule has 36 heavy (non-hydrogen) atoms. The summed E-state index contributed by atoms with van der Waals surface area (Å²) in [6, 6.07) is 6.50. The molecule has 1 saturated heterocycles. The number of anilines is 2. The molecule has 1 aliphatic heterocycles. The SMILES string of the molecule is Cc1cccc(F)c1N1CCN(c2cc3nccnc3n(Cc3nccnc3C(F)(F)F)c2=O)CC1. The summed E-state index contributed by atoms with van der Waals surface area (Å²) in [7, 11) is 0. The molecule has 0 saturated carbocycles. The Labute approximate surface area is 202 Å². The van der Waals surface area contributed by atoms with Gasteiger partial charge in [-0.3, -0.25) is 19.3 Å². The maximum atomic E-state index is 14.5. The van der Waals surface area contributed by atoms with Crippen LogP contribution in [0.15, 0.2) is 53.8 Å². The van der Waals surface area contributed by atoms with Gasteiger partial charge in [0.15, 0.2) is 11.3 Å². The largest absolute Gasteiger partial charge is 0.435 e. The van der Waals surface area contributed by atoms with E-state index in [4.69, 9.17) is 0 Å². The summed E-state index contributed by atoms with van der Waals surface area (Å²) in [5, 5.41) is 0. The second kappa shape index (κ2) is 9.17. The maximum absolute atomic E-state index is 14.5. The van der Waals surface area contributed by atoms with Crippen molar-refractivity contribution in [2.75, 3.05) is 36.0 Å². The summed E-state index contributed by atoms with van der Waals surface area (Å²) in [5.74, 6) is -0.309. The third-order valence-electron chi connectivity index (χ3n) is 6.18. The highest BCUT2D eigenvalue weighted by Gasteiger charge is 2.36. The number of para-hydroxylation sites is 1. The number of benzene rings is 1. The van der Waals surface area contributed by atoms with Crippen LogP contribution < -0.4 is 15.4 Å². The number of hydrogen-bond donors (Lipinski definition) is 0. The third-order valence-corrected chi connectivity index (χ3v) is 6.18. The van der Waals surface area contributed by atoms with Gasteiger partial charge in [0.1, 0.15) is 17.0 Å². The minimum atomic E-state index is -4.73. The Morgan fingerprint density at radius 3 is 2.31 bits per heavy atom. The van der Waals surface area contributed by atoms with Crippen molar-refractivity contribution in [3.63, 3.8) is 0 Å². The molecule has 0 atom stereocenters. The van der Waals surface area contributed by atoms with Crippen LogP contribution in [0.4, 0.5) is 28.9 Å². The van der Waals surface area contributed by atoms with Crippen molar-refractivity contribution in [3.8, 4) is 0 Å². The quantitative estimate of drug-likeness (QED) is 0.398. The standard InChI is InChI=1S/C24H21F4N7O/c1-15-3-2-4-16(25)20(15)34-11-9-33(10-12-34)19-13-17-22(32-8-6-29-17)35(23(19)36)14-18-21(24(26,27)28)31-7-5-30-18/h2-8,13H,9-12,14H2,1H3. The number of fused-ring (bicyclic) bond motifs is 1. The van der Waals surface area contributed by atoms with E-state index in [-0.39, 0.29) is 17.2 Å². The molecule has 12 heteroatoms. The second-order valence-electron chi connectivity index (χ2n) is 8.41. The molecule has 0 N–H and O–H groups in total. The Hall–Kier alpha value is -4.09. The lowest BCUT2D eigenvalue weighted by atomic mass is 10.1. The molecule has 0 unspecified atom stereocenters. The lowest BCUT2D eigenvalue weighted by Crippen LogP contribution is -2.49. The number of aromatic nitrogens is 5. The number of hydrogen-bond acceptors (Lipinski definition) is 7. The molecule has 0 bridgehead atoms. The van der Waals surface area contributed by atoms with Gasteiger partial charge in [-0.15, -0.1) is 0 Å². The molecule has 186 valence electrons. The summed E-state index contributed by atoms with van der Waals surface area (Å²) in [5.41, 5.74) is 0.0620. The van der Waals surface area contributed by atoms with E-state index in [2.05, 4.69) is 19.9 Å².